The van der Waals surface area contributed by atoms with Crippen molar-refractivity contribution in [3.8, 4) is 0 Å². The van der Waals surface area contributed by atoms with E-state index in [-0.39, 0.29) is 11.4 Å². The quantitative estimate of drug-likeness (QED) is 0.827. The predicted molar refractivity (Wildman–Crippen MR) is 78.0 cm³/mol. The Bertz CT molecular complexity index is 282. The van der Waals surface area contributed by atoms with Gasteiger partial charge in [-0.25, -0.2) is 0 Å². The number of carbonyl (C=O) groups excluding carboxylic acids is 1. The van der Waals surface area contributed by atoms with Gasteiger partial charge in [0.2, 0.25) is 5.91 Å². The zero-order valence-electron chi connectivity index (χ0n) is 11.6. The Balaban J connectivity index is 1.80. The lowest BCUT2D eigenvalue weighted by atomic mass is 9.88. The highest BCUT2D eigenvalue weighted by Gasteiger charge is 2.35. The molecule has 2 aliphatic rings. The summed E-state index contributed by atoms with van der Waals surface area (Å²) < 4.78 is 0. The van der Waals surface area contributed by atoms with Crippen LogP contribution in [0, 0.1) is 0 Å². The number of piperidine rings is 1. The van der Waals surface area contributed by atoms with Crippen molar-refractivity contribution in [3.05, 3.63) is 0 Å². The van der Waals surface area contributed by atoms with Crippen molar-refractivity contribution >= 4 is 17.7 Å². The maximum absolute atomic E-state index is 12.4. The number of nitrogens with one attached hydrogen (secondary N) is 2. The fourth-order valence-corrected chi connectivity index (χ4v) is 3.78. The number of amides is 1. The highest BCUT2D eigenvalue weighted by molar-refractivity contribution is 7.99. The average molecular weight is 270 g/mol. The summed E-state index contributed by atoms with van der Waals surface area (Å²) in [4.78, 5) is 12.4. The van der Waals surface area contributed by atoms with Crippen molar-refractivity contribution in [2.75, 3.05) is 12.8 Å². The van der Waals surface area contributed by atoms with Gasteiger partial charge in [0, 0.05) is 11.3 Å². The minimum atomic E-state index is -0.325. The Morgan fingerprint density at radius 2 is 2.00 bits per heavy atom. The smallest absolute Gasteiger partial charge is 0.240 e. The lowest BCUT2D eigenvalue weighted by Gasteiger charge is -2.36. The second-order valence-electron chi connectivity index (χ2n) is 5.90. The number of hydrogen-bond donors (Lipinski definition) is 2. The van der Waals surface area contributed by atoms with E-state index >= 15 is 0 Å². The molecule has 4 heteroatoms. The van der Waals surface area contributed by atoms with E-state index in [1.54, 1.807) is 0 Å². The van der Waals surface area contributed by atoms with Crippen LogP contribution < -0.4 is 10.6 Å². The number of rotatable bonds is 3. The average Bonchev–Trinajstić information content (AvgIpc) is 2.40. The maximum atomic E-state index is 12.4. The van der Waals surface area contributed by atoms with Crippen LogP contribution in [0.5, 0.6) is 0 Å². The molecule has 104 valence electrons. The van der Waals surface area contributed by atoms with Gasteiger partial charge in [-0.3, -0.25) is 4.79 Å². The van der Waals surface area contributed by atoms with E-state index in [9.17, 15) is 4.79 Å². The van der Waals surface area contributed by atoms with Crippen molar-refractivity contribution in [2.45, 2.75) is 68.7 Å². The van der Waals surface area contributed by atoms with Crippen LogP contribution >= 0.6 is 11.8 Å². The zero-order chi connectivity index (χ0) is 13.0. The number of hydrogen-bond acceptors (Lipinski definition) is 3. The van der Waals surface area contributed by atoms with Gasteiger partial charge in [-0.15, -0.1) is 0 Å². The molecule has 1 amide bonds. The highest BCUT2D eigenvalue weighted by atomic mass is 32.2. The Labute approximate surface area is 115 Å². The summed E-state index contributed by atoms with van der Waals surface area (Å²) in [5.41, 5.74) is -0.325. The Morgan fingerprint density at radius 1 is 1.28 bits per heavy atom. The third-order valence-corrected chi connectivity index (χ3v) is 5.60. The van der Waals surface area contributed by atoms with E-state index in [4.69, 9.17) is 0 Å². The SMILES string of the molecule is CSC1CCC(NC(=O)C2(C)CCCCN2)CC1. The summed E-state index contributed by atoms with van der Waals surface area (Å²) in [5.74, 6) is 0.217. The van der Waals surface area contributed by atoms with Gasteiger partial charge in [-0.2, -0.15) is 11.8 Å². The van der Waals surface area contributed by atoms with Gasteiger partial charge in [0.25, 0.3) is 0 Å². The molecule has 0 bridgehead atoms. The molecule has 1 aliphatic heterocycles. The highest BCUT2D eigenvalue weighted by Crippen LogP contribution is 2.27. The van der Waals surface area contributed by atoms with E-state index in [0.29, 0.717) is 6.04 Å². The van der Waals surface area contributed by atoms with Crippen molar-refractivity contribution in [1.82, 2.24) is 10.6 Å². The summed E-state index contributed by atoms with van der Waals surface area (Å²) in [5, 5.41) is 7.46. The van der Waals surface area contributed by atoms with E-state index in [0.717, 1.165) is 37.5 Å². The summed E-state index contributed by atoms with van der Waals surface area (Å²) in [6, 6.07) is 0.404. The second-order valence-corrected chi connectivity index (χ2v) is 7.04. The molecule has 0 aromatic heterocycles. The lowest BCUT2D eigenvalue weighted by Crippen LogP contribution is -2.58. The monoisotopic (exact) mass is 270 g/mol. The molecular formula is C14H26N2OS. The molecule has 18 heavy (non-hydrogen) atoms. The first-order valence-corrected chi connectivity index (χ1v) is 8.51. The normalized spacial score (nSPS) is 37.2. The minimum Gasteiger partial charge on any atom is -0.352 e. The van der Waals surface area contributed by atoms with Crippen LogP contribution in [0.2, 0.25) is 0 Å². The summed E-state index contributed by atoms with van der Waals surface area (Å²) in [7, 11) is 0. The maximum Gasteiger partial charge on any atom is 0.240 e. The largest absolute Gasteiger partial charge is 0.352 e. The first-order chi connectivity index (χ1) is 8.64. The van der Waals surface area contributed by atoms with Crippen molar-refractivity contribution in [2.24, 2.45) is 0 Å². The molecule has 1 unspecified atom stereocenters. The van der Waals surface area contributed by atoms with E-state index < -0.39 is 0 Å². The van der Waals surface area contributed by atoms with Crippen LogP contribution in [0.15, 0.2) is 0 Å². The second kappa shape index (κ2) is 6.29. The minimum absolute atomic E-state index is 0.217. The van der Waals surface area contributed by atoms with Gasteiger partial charge in [0.15, 0.2) is 0 Å². The standard InChI is InChI=1S/C14H26N2OS/c1-14(9-3-4-10-15-14)13(17)16-11-5-7-12(18-2)8-6-11/h11-12,15H,3-10H2,1-2H3,(H,16,17). The van der Waals surface area contributed by atoms with Gasteiger partial charge >= 0.3 is 0 Å². The molecule has 3 nitrogen and oxygen atoms in total. The molecule has 2 fully saturated rings. The predicted octanol–water partition coefficient (Wildman–Crippen LogP) is 2.31. The summed E-state index contributed by atoms with van der Waals surface area (Å²) in [6.45, 7) is 3.03. The molecule has 0 radical (unpaired) electrons. The van der Waals surface area contributed by atoms with E-state index in [1.165, 1.54) is 19.3 Å². The molecule has 1 saturated heterocycles. The van der Waals surface area contributed by atoms with Crippen LogP contribution in [0.4, 0.5) is 0 Å². The van der Waals surface area contributed by atoms with Crippen molar-refractivity contribution in [1.29, 1.82) is 0 Å². The molecule has 0 spiro atoms. The Morgan fingerprint density at radius 3 is 2.56 bits per heavy atom. The third kappa shape index (κ3) is 3.41. The van der Waals surface area contributed by atoms with Crippen LogP contribution in [-0.2, 0) is 4.79 Å². The molecule has 0 aromatic rings. The van der Waals surface area contributed by atoms with Crippen LogP contribution in [0.3, 0.4) is 0 Å². The van der Waals surface area contributed by atoms with Crippen LogP contribution in [-0.4, -0.2) is 35.5 Å². The molecule has 0 aromatic carbocycles. The first kappa shape index (κ1) is 14.2. The fourth-order valence-electron chi connectivity index (χ4n) is 3.04. The molecule has 2 N–H and O–H groups in total. The first-order valence-electron chi connectivity index (χ1n) is 7.23. The van der Waals surface area contributed by atoms with Crippen LogP contribution in [0.1, 0.15) is 51.9 Å². The molecule has 1 atom stereocenters. The topological polar surface area (TPSA) is 41.1 Å². The van der Waals surface area contributed by atoms with Crippen molar-refractivity contribution in [3.63, 3.8) is 0 Å². The molecule has 1 heterocycles. The van der Waals surface area contributed by atoms with Gasteiger partial charge in [-0.05, 0) is 64.7 Å². The summed E-state index contributed by atoms with van der Waals surface area (Å²) >= 11 is 1.97. The third-order valence-electron chi connectivity index (χ3n) is 4.46. The Hall–Kier alpha value is -0.220. The zero-order valence-corrected chi connectivity index (χ0v) is 12.4. The van der Waals surface area contributed by atoms with E-state index in [1.807, 2.05) is 11.8 Å². The number of thioether (sulfide) groups is 1. The van der Waals surface area contributed by atoms with Gasteiger partial charge in [0.05, 0.1) is 5.54 Å². The fraction of sp³-hybridized carbons (Fsp3) is 0.929. The summed E-state index contributed by atoms with van der Waals surface area (Å²) in [6.07, 6.45) is 10.3. The molecular weight excluding hydrogens is 244 g/mol. The van der Waals surface area contributed by atoms with Gasteiger partial charge < -0.3 is 10.6 Å². The molecule has 2 rings (SSSR count). The van der Waals surface area contributed by atoms with E-state index in [2.05, 4.69) is 23.8 Å². The van der Waals surface area contributed by atoms with Gasteiger partial charge in [-0.1, -0.05) is 0 Å². The number of carbonyl (C=O) groups is 1. The van der Waals surface area contributed by atoms with Crippen molar-refractivity contribution < 1.29 is 4.79 Å². The Kier molecular flexibility index (Phi) is 4.96. The molecule has 1 saturated carbocycles. The molecule has 1 aliphatic carbocycles. The van der Waals surface area contributed by atoms with Gasteiger partial charge in [0.1, 0.15) is 0 Å². The lowest BCUT2D eigenvalue weighted by molar-refractivity contribution is -0.128. The van der Waals surface area contributed by atoms with Crippen LogP contribution in [0.25, 0.3) is 0 Å².